The van der Waals surface area contributed by atoms with Gasteiger partial charge < -0.3 is 10.2 Å². The van der Waals surface area contributed by atoms with E-state index in [0.717, 1.165) is 31.5 Å². The fourth-order valence-electron chi connectivity index (χ4n) is 2.87. The van der Waals surface area contributed by atoms with Crippen molar-refractivity contribution in [2.45, 2.75) is 37.6 Å². The zero-order valence-corrected chi connectivity index (χ0v) is 11.6. The minimum Gasteiger partial charge on any atom is -0.349 e. The molecule has 3 rings (SSSR count). The largest absolute Gasteiger partial charge is 0.349 e. The highest BCUT2D eigenvalue weighted by Gasteiger charge is 2.28. The van der Waals surface area contributed by atoms with Gasteiger partial charge in [0, 0.05) is 11.6 Å². The first-order chi connectivity index (χ1) is 9.24. The maximum atomic E-state index is 12.4. The number of carbonyl (C=O) groups excluding carboxylic acids is 1. The van der Waals surface area contributed by atoms with Crippen LogP contribution in [-0.2, 0) is 0 Å². The van der Waals surface area contributed by atoms with Crippen molar-refractivity contribution in [3.8, 4) is 0 Å². The number of hydrogen-bond acceptors (Lipinski definition) is 2. The van der Waals surface area contributed by atoms with Gasteiger partial charge in [-0.15, -0.1) is 0 Å². The van der Waals surface area contributed by atoms with Gasteiger partial charge in [-0.1, -0.05) is 18.2 Å². The van der Waals surface area contributed by atoms with Crippen molar-refractivity contribution >= 4 is 5.91 Å². The second kappa shape index (κ2) is 5.33. The van der Waals surface area contributed by atoms with E-state index in [1.165, 1.54) is 18.4 Å². The van der Waals surface area contributed by atoms with Crippen LogP contribution in [0.4, 0.5) is 0 Å². The third-order valence-electron chi connectivity index (χ3n) is 4.28. The normalized spacial score (nSPS) is 21.3. The molecule has 1 aromatic rings. The number of nitrogens with one attached hydrogen (secondary N) is 1. The van der Waals surface area contributed by atoms with E-state index in [-0.39, 0.29) is 5.91 Å². The third kappa shape index (κ3) is 2.98. The van der Waals surface area contributed by atoms with Gasteiger partial charge >= 0.3 is 0 Å². The van der Waals surface area contributed by atoms with Crippen LogP contribution in [0.5, 0.6) is 0 Å². The van der Waals surface area contributed by atoms with Gasteiger partial charge in [0.25, 0.3) is 5.91 Å². The van der Waals surface area contributed by atoms with Crippen LogP contribution in [0.25, 0.3) is 0 Å². The molecule has 0 unspecified atom stereocenters. The van der Waals surface area contributed by atoms with E-state index < -0.39 is 0 Å². The molecule has 0 spiro atoms. The zero-order valence-electron chi connectivity index (χ0n) is 11.6. The van der Waals surface area contributed by atoms with Crippen molar-refractivity contribution in [2.75, 3.05) is 20.1 Å². The molecule has 19 heavy (non-hydrogen) atoms. The number of likely N-dealkylation sites (tertiary alicyclic amines) is 1. The number of amides is 1. The van der Waals surface area contributed by atoms with E-state index in [1.807, 2.05) is 18.2 Å². The molecule has 1 heterocycles. The van der Waals surface area contributed by atoms with Gasteiger partial charge in [0.05, 0.1) is 0 Å². The van der Waals surface area contributed by atoms with Crippen LogP contribution in [-0.4, -0.2) is 37.0 Å². The Labute approximate surface area is 115 Å². The molecule has 1 aromatic carbocycles. The van der Waals surface area contributed by atoms with Crippen LogP contribution in [0.2, 0.25) is 0 Å². The summed E-state index contributed by atoms with van der Waals surface area (Å²) < 4.78 is 0. The minimum atomic E-state index is 0.122. The van der Waals surface area contributed by atoms with Gasteiger partial charge in [-0.2, -0.15) is 0 Å². The molecule has 1 aliphatic heterocycles. The van der Waals surface area contributed by atoms with Crippen LogP contribution < -0.4 is 5.32 Å². The Bertz CT molecular complexity index is 460. The predicted octanol–water partition coefficient (Wildman–Crippen LogP) is 2.39. The molecular formula is C16H22N2O. The highest BCUT2D eigenvalue weighted by Crippen LogP contribution is 2.41. The zero-order chi connectivity index (χ0) is 13.2. The van der Waals surface area contributed by atoms with Crippen LogP contribution in [0.15, 0.2) is 24.3 Å². The Morgan fingerprint density at radius 2 is 1.84 bits per heavy atom. The van der Waals surface area contributed by atoms with E-state index in [0.29, 0.717) is 12.0 Å². The first-order valence-electron chi connectivity index (χ1n) is 7.32. The van der Waals surface area contributed by atoms with Gasteiger partial charge in [0.2, 0.25) is 0 Å². The van der Waals surface area contributed by atoms with E-state index in [4.69, 9.17) is 0 Å². The summed E-state index contributed by atoms with van der Waals surface area (Å²) in [6.45, 7) is 2.16. The lowest BCUT2D eigenvalue weighted by molar-refractivity contribution is 0.0916. The standard InChI is InChI=1S/C16H22N2O/c1-18-10-8-13(9-11-18)17-16(19)15-5-3-2-4-14(15)12-6-7-12/h2-5,12-13H,6-11H2,1H3,(H,17,19). The minimum absolute atomic E-state index is 0.122. The van der Waals surface area contributed by atoms with Gasteiger partial charge in [0.15, 0.2) is 0 Å². The van der Waals surface area contributed by atoms with Crippen LogP contribution in [0.3, 0.4) is 0 Å². The summed E-state index contributed by atoms with van der Waals surface area (Å²) in [5.74, 6) is 0.747. The second-order valence-electron chi connectivity index (χ2n) is 5.91. The molecule has 3 heteroatoms. The summed E-state index contributed by atoms with van der Waals surface area (Å²) in [5.41, 5.74) is 2.14. The monoisotopic (exact) mass is 258 g/mol. The number of rotatable bonds is 3. The van der Waals surface area contributed by atoms with Crippen molar-refractivity contribution in [3.05, 3.63) is 35.4 Å². The second-order valence-corrected chi connectivity index (χ2v) is 5.91. The summed E-state index contributed by atoms with van der Waals surface area (Å²) >= 11 is 0. The predicted molar refractivity (Wildman–Crippen MR) is 76.4 cm³/mol. The first-order valence-corrected chi connectivity index (χ1v) is 7.32. The molecule has 1 saturated heterocycles. The summed E-state index contributed by atoms with van der Waals surface area (Å²) in [7, 11) is 2.14. The Hall–Kier alpha value is -1.35. The Morgan fingerprint density at radius 1 is 1.16 bits per heavy atom. The summed E-state index contributed by atoms with van der Waals surface area (Å²) in [4.78, 5) is 14.7. The van der Waals surface area contributed by atoms with Crippen molar-refractivity contribution in [1.82, 2.24) is 10.2 Å². The number of hydrogen-bond donors (Lipinski definition) is 1. The molecule has 0 bridgehead atoms. The van der Waals surface area contributed by atoms with Crippen LogP contribution in [0.1, 0.15) is 47.5 Å². The van der Waals surface area contributed by atoms with Crippen LogP contribution in [0, 0.1) is 0 Å². The summed E-state index contributed by atoms with van der Waals surface area (Å²) in [6, 6.07) is 8.44. The quantitative estimate of drug-likeness (QED) is 0.903. The lowest BCUT2D eigenvalue weighted by Crippen LogP contribution is -2.43. The Balaban J connectivity index is 1.67. The smallest absolute Gasteiger partial charge is 0.251 e. The average molecular weight is 258 g/mol. The van der Waals surface area contributed by atoms with Crippen LogP contribution >= 0.6 is 0 Å². The molecule has 1 amide bonds. The van der Waals surface area contributed by atoms with Crippen molar-refractivity contribution in [3.63, 3.8) is 0 Å². The molecule has 0 radical (unpaired) electrons. The number of benzene rings is 1. The Kier molecular flexibility index (Phi) is 3.56. The fraction of sp³-hybridized carbons (Fsp3) is 0.562. The maximum Gasteiger partial charge on any atom is 0.251 e. The molecule has 0 aromatic heterocycles. The first kappa shape index (κ1) is 12.7. The molecule has 2 aliphatic rings. The third-order valence-corrected chi connectivity index (χ3v) is 4.28. The van der Waals surface area contributed by atoms with Gasteiger partial charge in [-0.25, -0.2) is 0 Å². The lowest BCUT2D eigenvalue weighted by atomic mass is 10.0. The highest BCUT2D eigenvalue weighted by molar-refractivity contribution is 5.96. The fourth-order valence-corrected chi connectivity index (χ4v) is 2.87. The average Bonchev–Trinajstić information content (AvgIpc) is 3.26. The Morgan fingerprint density at radius 3 is 2.53 bits per heavy atom. The van der Waals surface area contributed by atoms with Gasteiger partial charge in [0.1, 0.15) is 0 Å². The topological polar surface area (TPSA) is 32.3 Å². The molecule has 1 saturated carbocycles. The molecule has 1 N–H and O–H groups in total. The van der Waals surface area contributed by atoms with E-state index >= 15 is 0 Å². The number of nitrogens with zero attached hydrogens (tertiary/aromatic N) is 1. The number of piperidine rings is 1. The van der Waals surface area contributed by atoms with Gasteiger partial charge in [-0.05, 0) is 63.4 Å². The molecule has 0 atom stereocenters. The SMILES string of the molecule is CN1CCC(NC(=O)c2ccccc2C2CC2)CC1. The van der Waals surface area contributed by atoms with Gasteiger partial charge in [-0.3, -0.25) is 4.79 Å². The van der Waals surface area contributed by atoms with Crippen molar-refractivity contribution < 1.29 is 4.79 Å². The molecule has 102 valence electrons. The molecule has 2 fully saturated rings. The molecule has 1 aliphatic carbocycles. The molecular weight excluding hydrogens is 236 g/mol. The number of carbonyl (C=O) groups is 1. The van der Waals surface area contributed by atoms with E-state index in [9.17, 15) is 4.79 Å². The summed E-state index contributed by atoms with van der Waals surface area (Å²) in [5, 5.41) is 3.21. The highest BCUT2D eigenvalue weighted by atomic mass is 16.1. The lowest BCUT2D eigenvalue weighted by Gasteiger charge is -2.29. The van der Waals surface area contributed by atoms with Crippen molar-refractivity contribution in [1.29, 1.82) is 0 Å². The van der Waals surface area contributed by atoms with E-state index in [2.05, 4.69) is 23.3 Å². The summed E-state index contributed by atoms with van der Waals surface area (Å²) in [6.07, 6.45) is 4.60. The maximum absolute atomic E-state index is 12.4. The molecule has 3 nitrogen and oxygen atoms in total. The van der Waals surface area contributed by atoms with E-state index in [1.54, 1.807) is 0 Å². The van der Waals surface area contributed by atoms with Crippen molar-refractivity contribution in [2.24, 2.45) is 0 Å².